The fraction of sp³-hybridized carbons (Fsp3) is 0.647. The van der Waals surface area contributed by atoms with Crippen molar-refractivity contribution < 1.29 is 4.74 Å². The van der Waals surface area contributed by atoms with E-state index in [1.807, 2.05) is 6.07 Å². The van der Waals surface area contributed by atoms with Crippen molar-refractivity contribution in [3.8, 4) is 5.75 Å². The fourth-order valence-electron chi connectivity index (χ4n) is 2.05. The number of likely N-dealkylation sites (N-methyl/N-ethyl adjacent to an activating group) is 1. The number of nitrogens with one attached hydrogen (secondary N) is 1. The number of hydrogen-bond acceptors (Lipinski definition) is 3. The third-order valence-electron chi connectivity index (χ3n) is 3.64. The van der Waals surface area contributed by atoms with Crippen molar-refractivity contribution in [1.82, 2.24) is 10.2 Å². The lowest BCUT2D eigenvalue weighted by Gasteiger charge is -2.18. The van der Waals surface area contributed by atoms with Crippen molar-refractivity contribution in [3.05, 3.63) is 29.8 Å². The zero-order valence-electron chi connectivity index (χ0n) is 13.5. The Hall–Kier alpha value is -1.06. The molecule has 0 saturated heterocycles. The fourth-order valence-corrected chi connectivity index (χ4v) is 2.05. The number of nitrogens with zero attached hydrogens (tertiary/aromatic N) is 1. The summed E-state index contributed by atoms with van der Waals surface area (Å²) >= 11 is 0. The lowest BCUT2D eigenvalue weighted by molar-refractivity contribution is 0.217. The van der Waals surface area contributed by atoms with Gasteiger partial charge in [-0.3, -0.25) is 0 Å². The van der Waals surface area contributed by atoms with E-state index in [-0.39, 0.29) is 6.10 Å². The maximum atomic E-state index is 5.85. The number of hydrogen-bond donors (Lipinski definition) is 1. The van der Waals surface area contributed by atoms with Crippen LogP contribution >= 0.6 is 0 Å². The molecule has 1 unspecified atom stereocenters. The van der Waals surface area contributed by atoms with Gasteiger partial charge in [-0.2, -0.15) is 0 Å². The van der Waals surface area contributed by atoms with Crippen molar-refractivity contribution in [3.63, 3.8) is 0 Å². The third kappa shape index (κ3) is 6.40. The highest BCUT2D eigenvalue weighted by Gasteiger charge is 2.02. The molecular weight excluding hydrogens is 248 g/mol. The predicted molar refractivity (Wildman–Crippen MR) is 86.3 cm³/mol. The average Bonchev–Trinajstić information content (AvgIpc) is 2.47. The van der Waals surface area contributed by atoms with Crippen LogP contribution in [-0.2, 0) is 6.54 Å². The molecule has 3 nitrogen and oxygen atoms in total. The van der Waals surface area contributed by atoms with E-state index in [0.29, 0.717) is 0 Å². The summed E-state index contributed by atoms with van der Waals surface area (Å²) in [5.41, 5.74) is 1.28. The molecule has 0 fully saturated rings. The van der Waals surface area contributed by atoms with E-state index in [2.05, 4.69) is 56.1 Å². The Morgan fingerprint density at radius 3 is 2.60 bits per heavy atom. The molecule has 114 valence electrons. The quantitative estimate of drug-likeness (QED) is 0.665. The Bertz CT molecular complexity index is 364. The van der Waals surface area contributed by atoms with Crippen molar-refractivity contribution >= 4 is 0 Å². The molecule has 0 radical (unpaired) electrons. The second kappa shape index (κ2) is 9.78. The molecular formula is C17H30N2O. The monoisotopic (exact) mass is 278 g/mol. The molecule has 1 aromatic rings. The summed E-state index contributed by atoms with van der Waals surface area (Å²) in [5.74, 6) is 0.974. The Balaban J connectivity index is 2.35. The van der Waals surface area contributed by atoms with Crippen LogP contribution in [0.2, 0.25) is 0 Å². The Kier molecular flexibility index (Phi) is 8.31. The van der Waals surface area contributed by atoms with Gasteiger partial charge in [0, 0.05) is 19.6 Å². The summed E-state index contributed by atoms with van der Waals surface area (Å²) in [5, 5.41) is 3.50. The van der Waals surface area contributed by atoms with E-state index in [0.717, 1.165) is 44.9 Å². The Morgan fingerprint density at radius 2 is 1.95 bits per heavy atom. The van der Waals surface area contributed by atoms with Crippen LogP contribution in [0.1, 0.15) is 39.7 Å². The van der Waals surface area contributed by atoms with Crippen molar-refractivity contribution in [2.75, 3.05) is 26.2 Å². The van der Waals surface area contributed by atoms with Gasteiger partial charge in [-0.25, -0.2) is 0 Å². The van der Waals surface area contributed by atoms with Gasteiger partial charge >= 0.3 is 0 Å². The van der Waals surface area contributed by atoms with E-state index in [1.54, 1.807) is 0 Å². The van der Waals surface area contributed by atoms with Gasteiger partial charge in [0.2, 0.25) is 0 Å². The van der Waals surface area contributed by atoms with Crippen LogP contribution in [0.5, 0.6) is 5.75 Å². The van der Waals surface area contributed by atoms with Gasteiger partial charge in [-0.05, 0) is 44.1 Å². The van der Waals surface area contributed by atoms with Crippen molar-refractivity contribution in [1.29, 1.82) is 0 Å². The van der Waals surface area contributed by atoms with Gasteiger partial charge in [0.1, 0.15) is 5.75 Å². The summed E-state index contributed by atoms with van der Waals surface area (Å²) in [6, 6.07) is 8.38. The highest BCUT2D eigenvalue weighted by Crippen LogP contribution is 2.15. The molecule has 1 aromatic carbocycles. The Labute approximate surface area is 124 Å². The first-order valence-electron chi connectivity index (χ1n) is 7.88. The van der Waals surface area contributed by atoms with Gasteiger partial charge in [0.05, 0.1) is 6.10 Å². The van der Waals surface area contributed by atoms with Crippen molar-refractivity contribution in [2.45, 2.75) is 46.8 Å². The number of ether oxygens (including phenoxy) is 1. The standard InChI is InChI=1S/C17H30N2O/c1-5-15(4)20-17-10-8-9-16(13-17)14-18-11-12-19(6-2)7-3/h8-10,13,15,18H,5-7,11-12,14H2,1-4H3. The van der Waals surface area contributed by atoms with Gasteiger partial charge in [0.15, 0.2) is 0 Å². The second-order valence-electron chi connectivity index (χ2n) is 5.19. The smallest absolute Gasteiger partial charge is 0.120 e. The van der Waals surface area contributed by atoms with Crippen LogP contribution in [0, 0.1) is 0 Å². The van der Waals surface area contributed by atoms with Gasteiger partial charge < -0.3 is 15.0 Å². The SMILES string of the molecule is CCC(C)Oc1cccc(CNCCN(CC)CC)c1. The van der Waals surface area contributed by atoms with Gasteiger partial charge in [-0.15, -0.1) is 0 Å². The summed E-state index contributed by atoms with van der Waals surface area (Å²) in [7, 11) is 0. The molecule has 0 spiro atoms. The van der Waals surface area contributed by atoms with E-state index < -0.39 is 0 Å². The molecule has 0 amide bonds. The molecule has 1 atom stereocenters. The number of benzene rings is 1. The molecule has 0 bridgehead atoms. The summed E-state index contributed by atoms with van der Waals surface area (Å²) in [6.45, 7) is 13.9. The van der Waals surface area contributed by atoms with E-state index in [1.165, 1.54) is 5.56 Å². The zero-order chi connectivity index (χ0) is 14.8. The summed E-state index contributed by atoms with van der Waals surface area (Å²) < 4.78 is 5.85. The van der Waals surface area contributed by atoms with Gasteiger partial charge in [-0.1, -0.05) is 32.9 Å². The molecule has 20 heavy (non-hydrogen) atoms. The minimum atomic E-state index is 0.279. The van der Waals surface area contributed by atoms with Gasteiger partial charge in [0.25, 0.3) is 0 Å². The Morgan fingerprint density at radius 1 is 1.20 bits per heavy atom. The zero-order valence-corrected chi connectivity index (χ0v) is 13.5. The molecule has 0 heterocycles. The topological polar surface area (TPSA) is 24.5 Å². The van der Waals surface area contributed by atoms with Crippen LogP contribution < -0.4 is 10.1 Å². The highest BCUT2D eigenvalue weighted by atomic mass is 16.5. The normalized spacial score (nSPS) is 12.7. The van der Waals surface area contributed by atoms with E-state index >= 15 is 0 Å². The minimum absolute atomic E-state index is 0.279. The molecule has 0 aromatic heterocycles. The molecule has 1 N–H and O–H groups in total. The third-order valence-corrected chi connectivity index (χ3v) is 3.64. The molecule has 1 rings (SSSR count). The van der Waals surface area contributed by atoms with Crippen LogP contribution in [0.15, 0.2) is 24.3 Å². The first-order valence-corrected chi connectivity index (χ1v) is 7.88. The van der Waals surface area contributed by atoms with Crippen LogP contribution in [0.25, 0.3) is 0 Å². The maximum absolute atomic E-state index is 5.85. The minimum Gasteiger partial charge on any atom is -0.491 e. The van der Waals surface area contributed by atoms with E-state index in [4.69, 9.17) is 4.74 Å². The molecule has 0 aliphatic rings. The predicted octanol–water partition coefficient (Wildman–Crippen LogP) is 3.30. The van der Waals surface area contributed by atoms with E-state index in [9.17, 15) is 0 Å². The summed E-state index contributed by atoms with van der Waals surface area (Å²) in [4.78, 5) is 2.43. The lowest BCUT2D eigenvalue weighted by atomic mass is 10.2. The first-order chi connectivity index (χ1) is 9.69. The maximum Gasteiger partial charge on any atom is 0.120 e. The van der Waals surface area contributed by atoms with Crippen LogP contribution in [0.3, 0.4) is 0 Å². The van der Waals surface area contributed by atoms with Crippen LogP contribution in [-0.4, -0.2) is 37.2 Å². The molecule has 3 heteroatoms. The highest BCUT2D eigenvalue weighted by molar-refractivity contribution is 5.28. The first kappa shape index (κ1) is 17.0. The average molecular weight is 278 g/mol. The molecule has 0 aliphatic carbocycles. The molecule has 0 saturated carbocycles. The van der Waals surface area contributed by atoms with Crippen molar-refractivity contribution in [2.24, 2.45) is 0 Å². The van der Waals surface area contributed by atoms with Crippen LogP contribution in [0.4, 0.5) is 0 Å². The summed E-state index contributed by atoms with van der Waals surface area (Å²) in [6.07, 6.45) is 1.31. The number of rotatable bonds is 10. The molecule has 0 aliphatic heterocycles. The largest absolute Gasteiger partial charge is 0.491 e. The second-order valence-corrected chi connectivity index (χ2v) is 5.19. The lowest BCUT2D eigenvalue weighted by Crippen LogP contribution is -2.31.